The summed E-state index contributed by atoms with van der Waals surface area (Å²) in [6, 6.07) is 13.1. The first-order chi connectivity index (χ1) is 12.5. The van der Waals surface area contributed by atoms with E-state index in [1.807, 2.05) is 30.3 Å². The normalized spacial score (nSPS) is 15.1. The Bertz CT molecular complexity index is 795. The number of benzene rings is 1. The van der Waals surface area contributed by atoms with Gasteiger partial charge in [0.15, 0.2) is 0 Å². The Labute approximate surface area is 154 Å². The number of likely N-dealkylation sites (N-methyl/N-ethyl adjacent to an activating group) is 1. The molecule has 6 heteroatoms. The van der Waals surface area contributed by atoms with Crippen LogP contribution in [0, 0.1) is 5.92 Å². The molecule has 0 radical (unpaired) electrons. The lowest BCUT2D eigenvalue weighted by molar-refractivity contribution is -0.131. The summed E-state index contributed by atoms with van der Waals surface area (Å²) in [6.45, 7) is 4.60. The zero-order valence-electron chi connectivity index (χ0n) is 15.5. The highest BCUT2D eigenvalue weighted by molar-refractivity contribution is 5.75. The van der Waals surface area contributed by atoms with Gasteiger partial charge in [0, 0.05) is 32.7 Å². The smallest absolute Gasteiger partial charge is 0.267 e. The summed E-state index contributed by atoms with van der Waals surface area (Å²) in [5, 5.41) is 4.43. The molecule has 0 spiro atoms. The van der Waals surface area contributed by atoms with E-state index in [1.165, 1.54) is 10.7 Å². The highest BCUT2D eigenvalue weighted by Crippen LogP contribution is 2.20. The Kier molecular flexibility index (Phi) is 5.71. The van der Waals surface area contributed by atoms with Crippen LogP contribution in [0.15, 0.2) is 47.3 Å². The van der Waals surface area contributed by atoms with Crippen molar-refractivity contribution >= 4 is 11.7 Å². The van der Waals surface area contributed by atoms with Crippen molar-refractivity contribution in [2.75, 3.05) is 25.0 Å². The van der Waals surface area contributed by atoms with Crippen LogP contribution in [0.1, 0.15) is 25.3 Å². The highest BCUT2D eigenvalue weighted by atomic mass is 16.2. The van der Waals surface area contributed by atoms with E-state index in [9.17, 15) is 9.59 Å². The molecule has 0 unspecified atom stereocenters. The monoisotopic (exact) mass is 354 g/mol. The molecule has 0 bridgehead atoms. The Morgan fingerprint density at radius 1 is 1.15 bits per heavy atom. The molecule has 1 aliphatic heterocycles. The fraction of sp³-hybridized carbons (Fsp3) is 0.450. The van der Waals surface area contributed by atoms with Crippen LogP contribution >= 0.6 is 0 Å². The summed E-state index contributed by atoms with van der Waals surface area (Å²) >= 11 is 0. The summed E-state index contributed by atoms with van der Waals surface area (Å²) in [5.41, 5.74) is 0.806. The van der Waals surface area contributed by atoms with Crippen molar-refractivity contribution in [1.82, 2.24) is 14.7 Å². The molecule has 1 amide bonds. The number of hydrogen-bond donors (Lipinski definition) is 0. The predicted octanol–water partition coefficient (Wildman–Crippen LogP) is 2.14. The molecule has 1 aromatic carbocycles. The number of hydrogen-bond acceptors (Lipinski definition) is 4. The van der Waals surface area contributed by atoms with Gasteiger partial charge in [-0.05, 0) is 30.4 Å². The third kappa shape index (κ3) is 4.50. The van der Waals surface area contributed by atoms with E-state index in [4.69, 9.17) is 0 Å². The summed E-state index contributed by atoms with van der Waals surface area (Å²) < 4.78 is 1.27. The van der Waals surface area contributed by atoms with Crippen molar-refractivity contribution in [1.29, 1.82) is 0 Å². The molecule has 2 aromatic rings. The maximum atomic E-state index is 12.5. The van der Waals surface area contributed by atoms with E-state index >= 15 is 0 Å². The first-order valence-corrected chi connectivity index (χ1v) is 9.14. The van der Waals surface area contributed by atoms with Gasteiger partial charge in [-0.25, -0.2) is 4.68 Å². The van der Waals surface area contributed by atoms with E-state index in [0.29, 0.717) is 6.54 Å². The van der Waals surface area contributed by atoms with Gasteiger partial charge in [0.25, 0.3) is 5.56 Å². The lowest BCUT2D eigenvalue weighted by Crippen LogP contribution is -2.37. The topological polar surface area (TPSA) is 58.4 Å². The number of anilines is 1. The molecule has 3 rings (SSSR count). The van der Waals surface area contributed by atoms with E-state index in [-0.39, 0.29) is 18.0 Å². The quantitative estimate of drug-likeness (QED) is 0.825. The molecule has 1 saturated heterocycles. The van der Waals surface area contributed by atoms with Crippen molar-refractivity contribution < 1.29 is 4.79 Å². The molecule has 1 aliphatic rings. The van der Waals surface area contributed by atoms with Crippen LogP contribution in [0.2, 0.25) is 0 Å². The van der Waals surface area contributed by atoms with Gasteiger partial charge in [-0.2, -0.15) is 5.10 Å². The van der Waals surface area contributed by atoms with E-state index < -0.39 is 0 Å². The minimum Gasteiger partial charge on any atom is -0.355 e. The minimum atomic E-state index is -0.249. The highest BCUT2D eigenvalue weighted by Gasteiger charge is 2.18. The van der Waals surface area contributed by atoms with Crippen LogP contribution in [0.3, 0.4) is 0 Å². The van der Waals surface area contributed by atoms with Gasteiger partial charge < -0.3 is 9.80 Å². The molecule has 1 aromatic heterocycles. The van der Waals surface area contributed by atoms with Crippen LogP contribution in [-0.4, -0.2) is 40.7 Å². The van der Waals surface area contributed by atoms with Crippen LogP contribution < -0.4 is 10.5 Å². The van der Waals surface area contributed by atoms with Gasteiger partial charge in [0.1, 0.15) is 12.4 Å². The molecule has 0 saturated carbocycles. The van der Waals surface area contributed by atoms with Crippen LogP contribution in [-0.2, 0) is 17.9 Å². The number of rotatable bonds is 5. The van der Waals surface area contributed by atoms with Gasteiger partial charge in [-0.1, -0.05) is 37.3 Å². The van der Waals surface area contributed by atoms with Gasteiger partial charge in [0.2, 0.25) is 5.91 Å². The Morgan fingerprint density at radius 2 is 1.85 bits per heavy atom. The van der Waals surface area contributed by atoms with E-state index in [1.54, 1.807) is 18.0 Å². The molecule has 0 aliphatic carbocycles. The lowest BCUT2D eigenvalue weighted by atomic mass is 9.99. The van der Waals surface area contributed by atoms with Crippen molar-refractivity contribution in [3.63, 3.8) is 0 Å². The second kappa shape index (κ2) is 8.17. The zero-order valence-corrected chi connectivity index (χ0v) is 15.5. The van der Waals surface area contributed by atoms with Crippen molar-refractivity contribution in [3.05, 3.63) is 58.4 Å². The number of piperidine rings is 1. The largest absolute Gasteiger partial charge is 0.355 e. The van der Waals surface area contributed by atoms with E-state index in [2.05, 4.69) is 16.9 Å². The average molecular weight is 354 g/mol. The SMILES string of the molecule is CC1CCN(c2ccc(=O)n(CC(=O)N(C)Cc3ccccc3)n2)CC1. The summed E-state index contributed by atoms with van der Waals surface area (Å²) in [5.74, 6) is 1.37. The molecule has 0 N–H and O–H groups in total. The summed E-state index contributed by atoms with van der Waals surface area (Å²) in [7, 11) is 1.75. The van der Waals surface area contributed by atoms with Crippen molar-refractivity contribution in [2.45, 2.75) is 32.9 Å². The molecule has 26 heavy (non-hydrogen) atoms. The fourth-order valence-corrected chi connectivity index (χ4v) is 3.15. The average Bonchev–Trinajstić information content (AvgIpc) is 2.65. The second-order valence-corrected chi connectivity index (χ2v) is 7.09. The third-order valence-electron chi connectivity index (χ3n) is 4.93. The third-order valence-corrected chi connectivity index (χ3v) is 4.93. The maximum Gasteiger partial charge on any atom is 0.267 e. The Morgan fingerprint density at radius 3 is 2.54 bits per heavy atom. The van der Waals surface area contributed by atoms with Crippen molar-refractivity contribution in [3.8, 4) is 0 Å². The number of aromatic nitrogens is 2. The van der Waals surface area contributed by atoms with E-state index in [0.717, 1.165) is 43.2 Å². The first-order valence-electron chi connectivity index (χ1n) is 9.14. The molecule has 1 fully saturated rings. The van der Waals surface area contributed by atoms with Crippen molar-refractivity contribution in [2.24, 2.45) is 5.92 Å². The molecule has 138 valence electrons. The standard InChI is InChI=1S/C20H26N4O2/c1-16-10-12-23(13-11-16)18-8-9-19(25)24(21-18)15-20(26)22(2)14-17-6-4-3-5-7-17/h3-9,16H,10-15H2,1-2H3. The number of carbonyl (C=O) groups excluding carboxylic acids is 1. The summed E-state index contributed by atoms with van der Waals surface area (Å²) in [6.07, 6.45) is 2.25. The van der Waals surface area contributed by atoms with Crippen LogP contribution in [0.5, 0.6) is 0 Å². The Balaban J connectivity index is 1.67. The zero-order chi connectivity index (χ0) is 18.5. The fourth-order valence-electron chi connectivity index (χ4n) is 3.15. The first kappa shape index (κ1) is 18.2. The second-order valence-electron chi connectivity index (χ2n) is 7.09. The number of amides is 1. The van der Waals surface area contributed by atoms with Crippen LogP contribution in [0.25, 0.3) is 0 Å². The predicted molar refractivity (Wildman–Crippen MR) is 102 cm³/mol. The molecule has 0 atom stereocenters. The number of nitrogens with zero attached hydrogens (tertiary/aromatic N) is 4. The van der Waals surface area contributed by atoms with Gasteiger partial charge in [-0.15, -0.1) is 0 Å². The lowest BCUT2D eigenvalue weighted by Gasteiger charge is -2.31. The van der Waals surface area contributed by atoms with Crippen LogP contribution in [0.4, 0.5) is 5.82 Å². The Hall–Kier alpha value is -2.63. The van der Waals surface area contributed by atoms with Gasteiger partial charge in [-0.3, -0.25) is 9.59 Å². The number of carbonyl (C=O) groups is 1. The maximum absolute atomic E-state index is 12.5. The molecular weight excluding hydrogens is 328 g/mol. The van der Waals surface area contributed by atoms with Gasteiger partial charge >= 0.3 is 0 Å². The molecular formula is C20H26N4O2. The minimum absolute atomic E-state index is 0.0414. The summed E-state index contributed by atoms with van der Waals surface area (Å²) in [4.78, 5) is 28.5. The van der Waals surface area contributed by atoms with Gasteiger partial charge in [0.05, 0.1) is 0 Å². The molecule has 6 nitrogen and oxygen atoms in total. The molecule has 2 heterocycles.